The first-order valence-electron chi connectivity index (χ1n) is 15.9. The highest BCUT2D eigenvalue weighted by atomic mass is 31.2. The molecule has 4 N–H and O–H groups in total. The van der Waals surface area contributed by atoms with Gasteiger partial charge in [-0.2, -0.15) is 0 Å². The minimum atomic E-state index is -2.43. The minimum absolute atomic E-state index is 0.152. The van der Waals surface area contributed by atoms with Crippen molar-refractivity contribution in [3.63, 3.8) is 0 Å². The second kappa shape index (κ2) is 12.9. The minimum Gasteiger partial charge on any atom is -0.375 e. The molecule has 0 amide bonds. The van der Waals surface area contributed by atoms with E-state index in [4.69, 9.17) is 20.9 Å². The highest BCUT2D eigenvalue weighted by Crippen LogP contribution is 2.68. The molecule has 5 aliphatic rings. The molecule has 5 saturated carbocycles. The molecule has 208 valence electrons. The van der Waals surface area contributed by atoms with Crippen LogP contribution in [-0.2, 0) is 14.0 Å². The van der Waals surface area contributed by atoms with Crippen molar-refractivity contribution in [3.8, 4) is 0 Å². The van der Waals surface area contributed by atoms with E-state index in [1.54, 1.807) is 0 Å². The van der Waals surface area contributed by atoms with E-state index in [0.717, 1.165) is 70.6 Å². The third-order valence-electron chi connectivity index (χ3n) is 10.7. The quantitative estimate of drug-likeness (QED) is 0.356. The van der Waals surface area contributed by atoms with E-state index in [2.05, 4.69) is 0 Å². The lowest BCUT2D eigenvalue weighted by Crippen LogP contribution is -2.46. The molecule has 6 heteroatoms. The Morgan fingerprint density at radius 2 is 0.944 bits per heavy atom. The molecular weight excluding hydrogens is 467 g/mol. The molecule has 0 heterocycles. The molecule has 5 rings (SSSR count). The molecule has 5 aliphatic carbocycles. The SMILES string of the molecule is NC1CCC(OC2CCC(OC3CCC(N)CC3)C(P(=O)(C3CCCCC3)C3CCCCC3)C2)CC1. The molecule has 0 aromatic heterocycles. The zero-order valence-electron chi connectivity index (χ0n) is 22.9. The molecule has 5 fully saturated rings. The maximum atomic E-state index is 15.7. The van der Waals surface area contributed by atoms with E-state index < -0.39 is 7.14 Å². The van der Waals surface area contributed by atoms with Crippen LogP contribution in [0.3, 0.4) is 0 Å². The molecule has 0 spiro atoms. The first-order chi connectivity index (χ1) is 17.5. The van der Waals surface area contributed by atoms with Gasteiger partial charge in [-0.05, 0) is 96.3 Å². The fraction of sp³-hybridized carbons (Fsp3) is 1.00. The average molecular weight is 523 g/mol. The highest BCUT2D eigenvalue weighted by molar-refractivity contribution is 7.66. The summed E-state index contributed by atoms with van der Waals surface area (Å²) in [6.45, 7) is 0. The van der Waals surface area contributed by atoms with Gasteiger partial charge in [0.25, 0.3) is 0 Å². The van der Waals surface area contributed by atoms with Gasteiger partial charge >= 0.3 is 0 Å². The molecule has 0 aromatic rings. The summed E-state index contributed by atoms with van der Waals surface area (Å²) in [4.78, 5) is 0. The summed E-state index contributed by atoms with van der Waals surface area (Å²) in [6, 6.07) is 0.687. The Kier molecular flexibility index (Phi) is 9.94. The summed E-state index contributed by atoms with van der Waals surface area (Å²) < 4.78 is 29.4. The van der Waals surface area contributed by atoms with Gasteiger partial charge in [-0.25, -0.2) is 0 Å². The van der Waals surface area contributed by atoms with Crippen LogP contribution in [0.4, 0.5) is 0 Å². The first kappa shape index (κ1) is 27.6. The van der Waals surface area contributed by atoms with E-state index in [0.29, 0.717) is 35.6 Å². The third-order valence-corrected chi connectivity index (χ3v) is 15.6. The molecule has 36 heavy (non-hydrogen) atoms. The van der Waals surface area contributed by atoms with Gasteiger partial charge in [-0.15, -0.1) is 0 Å². The van der Waals surface area contributed by atoms with E-state index in [9.17, 15) is 0 Å². The third kappa shape index (κ3) is 6.61. The average Bonchev–Trinajstić information content (AvgIpc) is 2.92. The largest absolute Gasteiger partial charge is 0.375 e. The number of ether oxygens (including phenoxy) is 2. The molecule has 0 bridgehead atoms. The number of rotatable bonds is 7. The molecule has 0 saturated heterocycles. The Labute approximate surface area is 220 Å². The van der Waals surface area contributed by atoms with Crippen LogP contribution in [0.15, 0.2) is 0 Å². The van der Waals surface area contributed by atoms with Crippen LogP contribution in [0.25, 0.3) is 0 Å². The number of nitrogens with two attached hydrogens (primary N) is 2. The molecule has 3 atom stereocenters. The van der Waals surface area contributed by atoms with Crippen molar-refractivity contribution in [2.45, 2.75) is 188 Å². The summed E-state index contributed by atoms with van der Waals surface area (Å²) in [5.74, 6) is 0. The fourth-order valence-corrected chi connectivity index (χ4v) is 13.9. The first-order valence-corrected chi connectivity index (χ1v) is 17.8. The highest BCUT2D eigenvalue weighted by Gasteiger charge is 2.52. The van der Waals surface area contributed by atoms with Crippen molar-refractivity contribution in [1.29, 1.82) is 0 Å². The molecule has 0 aliphatic heterocycles. The Morgan fingerprint density at radius 1 is 0.500 bits per heavy atom. The van der Waals surface area contributed by atoms with Gasteiger partial charge in [0.2, 0.25) is 0 Å². The smallest absolute Gasteiger partial charge is 0.0991 e. The van der Waals surface area contributed by atoms with Crippen molar-refractivity contribution in [3.05, 3.63) is 0 Å². The Hall–Kier alpha value is 0.0700. The number of hydrogen-bond donors (Lipinski definition) is 2. The van der Waals surface area contributed by atoms with Crippen LogP contribution < -0.4 is 11.5 Å². The zero-order chi connectivity index (χ0) is 25.0. The lowest BCUT2D eigenvalue weighted by atomic mass is 9.90. The summed E-state index contributed by atoms with van der Waals surface area (Å²) in [5.41, 5.74) is 13.4. The standard InChI is InChI=1S/C30H55N2O3P/c31-22-11-15-24(16-12-22)34-26-19-20-29(35-25-17-13-23(32)14-18-25)30(21-26)36(33,27-7-3-1-4-8-27)28-9-5-2-6-10-28/h22-30H,1-21,31-32H2. The number of hydrogen-bond acceptors (Lipinski definition) is 5. The van der Waals surface area contributed by atoms with E-state index >= 15 is 4.57 Å². The van der Waals surface area contributed by atoms with Gasteiger partial charge in [0.05, 0.1) is 31.6 Å². The van der Waals surface area contributed by atoms with Crippen LogP contribution in [0.2, 0.25) is 0 Å². The van der Waals surface area contributed by atoms with Crippen molar-refractivity contribution < 1.29 is 14.0 Å². The van der Waals surface area contributed by atoms with E-state index in [1.165, 1.54) is 64.2 Å². The molecule has 3 unspecified atom stereocenters. The van der Waals surface area contributed by atoms with Gasteiger partial charge < -0.3 is 25.5 Å². The Bertz CT molecular complexity index is 685. The Balaban J connectivity index is 1.36. The summed E-state index contributed by atoms with van der Waals surface area (Å²) in [6.07, 6.45) is 25.2. The van der Waals surface area contributed by atoms with Crippen LogP contribution in [-0.4, -0.2) is 53.5 Å². The molecule has 0 radical (unpaired) electrons. The van der Waals surface area contributed by atoms with Crippen molar-refractivity contribution in [1.82, 2.24) is 0 Å². The maximum Gasteiger partial charge on any atom is 0.0991 e. The predicted octanol–water partition coefficient (Wildman–Crippen LogP) is 6.88. The van der Waals surface area contributed by atoms with Crippen molar-refractivity contribution in [2.75, 3.05) is 0 Å². The van der Waals surface area contributed by atoms with E-state index in [1.807, 2.05) is 0 Å². The van der Waals surface area contributed by atoms with Gasteiger partial charge in [0, 0.05) is 29.1 Å². The lowest BCUT2D eigenvalue weighted by molar-refractivity contribution is -0.0918. The topological polar surface area (TPSA) is 87.6 Å². The van der Waals surface area contributed by atoms with Crippen LogP contribution >= 0.6 is 7.14 Å². The van der Waals surface area contributed by atoms with Crippen LogP contribution in [0, 0.1) is 0 Å². The second-order valence-corrected chi connectivity index (χ2v) is 16.9. The van der Waals surface area contributed by atoms with Crippen molar-refractivity contribution >= 4 is 7.14 Å². The summed E-state index contributed by atoms with van der Waals surface area (Å²) >= 11 is 0. The maximum absolute atomic E-state index is 15.7. The molecule has 5 nitrogen and oxygen atoms in total. The van der Waals surface area contributed by atoms with Gasteiger partial charge in [-0.1, -0.05) is 38.5 Å². The predicted molar refractivity (Wildman–Crippen MR) is 149 cm³/mol. The zero-order valence-corrected chi connectivity index (χ0v) is 23.8. The normalized spacial score (nSPS) is 40.2. The second-order valence-electron chi connectivity index (χ2n) is 13.2. The monoisotopic (exact) mass is 522 g/mol. The van der Waals surface area contributed by atoms with E-state index in [-0.39, 0.29) is 17.9 Å². The summed E-state index contributed by atoms with van der Waals surface area (Å²) in [5, 5.41) is 0. The van der Waals surface area contributed by atoms with Crippen LogP contribution in [0.1, 0.15) is 135 Å². The van der Waals surface area contributed by atoms with Crippen molar-refractivity contribution in [2.24, 2.45) is 11.5 Å². The molecular formula is C30H55N2O3P. The fourth-order valence-electron chi connectivity index (χ4n) is 8.57. The summed E-state index contributed by atoms with van der Waals surface area (Å²) in [7, 11) is -2.43. The van der Waals surface area contributed by atoms with Gasteiger partial charge in [0.1, 0.15) is 0 Å². The van der Waals surface area contributed by atoms with Gasteiger partial charge in [0.15, 0.2) is 0 Å². The molecule has 0 aromatic carbocycles. The van der Waals surface area contributed by atoms with Crippen LogP contribution in [0.5, 0.6) is 0 Å². The lowest BCUT2D eigenvalue weighted by Gasteiger charge is -2.49. The van der Waals surface area contributed by atoms with Gasteiger partial charge in [-0.3, -0.25) is 0 Å². The Morgan fingerprint density at radius 3 is 1.44 bits per heavy atom.